The number of halogens is 3. The molecule has 0 saturated carbocycles. The van der Waals surface area contributed by atoms with E-state index < -0.39 is 18.3 Å². The van der Waals surface area contributed by atoms with Crippen LogP contribution in [0.1, 0.15) is 13.3 Å². The number of hydrogen-bond acceptors (Lipinski definition) is 3. The van der Waals surface area contributed by atoms with Crippen LogP contribution in [-0.4, -0.2) is 25.4 Å². The average molecular weight is 263 g/mol. The molecule has 2 unspecified atom stereocenters. The molecular formula is C12H16F3NO2. The Labute approximate surface area is 104 Å². The van der Waals surface area contributed by atoms with Gasteiger partial charge in [0, 0.05) is 6.07 Å². The first-order chi connectivity index (χ1) is 8.38. The van der Waals surface area contributed by atoms with Gasteiger partial charge in [0.1, 0.15) is 11.5 Å². The van der Waals surface area contributed by atoms with Crippen LogP contribution >= 0.6 is 0 Å². The molecule has 0 fully saturated rings. The van der Waals surface area contributed by atoms with E-state index in [1.54, 1.807) is 19.1 Å². The van der Waals surface area contributed by atoms with E-state index in [4.69, 9.17) is 15.2 Å². The summed E-state index contributed by atoms with van der Waals surface area (Å²) < 4.78 is 48.2. The van der Waals surface area contributed by atoms with Crippen molar-refractivity contribution in [3.8, 4) is 11.5 Å². The first-order valence-corrected chi connectivity index (χ1v) is 5.51. The molecule has 0 amide bonds. The lowest BCUT2D eigenvalue weighted by Crippen LogP contribution is -2.48. The van der Waals surface area contributed by atoms with Crippen LogP contribution in [0, 0.1) is 0 Å². The third-order valence-electron chi connectivity index (χ3n) is 2.49. The van der Waals surface area contributed by atoms with Gasteiger partial charge in [0.2, 0.25) is 6.10 Å². The lowest BCUT2D eigenvalue weighted by molar-refractivity contribution is -0.200. The van der Waals surface area contributed by atoms with Crippen LogP contribution < -0.4 is 15.2 Å². The van der Waals surface area contributed by atoms with Gasteiger partial charge in [-0.05, 0) is 18.6 Å². The Morgan fingerprint density at radius 3 is 2.39 bits per heavy atom. The van der Waals surface area contributed by atoms with Crippen LogP contribution in [0.2, 0.25) is 0 Å². The summed E-state index contributed by atoms with van der Waals surface area (Å²) in [6.07, 6.45) is -6.35. The summed E-state index contributed by atoms with van der Waals surface area (Å²) in [5.41, 5.74) is 5.45. The summed E-state index contributed by atoms with van der Waals surface area (Å²) in [7, 11) is 1.43. The van der Waals surface area contributed by atoms with Crippen molar-refractivity contribution in [1.29, 1.82) is 0 Å². The standard InChI is InChI=1S/C12H16F3NO2/c1-3-10(16)11(12(13,14)15)18-9-6-4-5-8(7-9)17-2/h4-7,10-11H,3,16H2,1-2H3. The highest BCUT2D eigenvalue weighted by atomic mass is 19.4. The van der Waals surface area contributed by atoms with Crippen molar-refractivity contribution in [2.45, 2.75) is 31.7 Å². The second-order valence-electron chi connectivity index (χ2n) is 3.83. The summed E-state index contributed by atoms with van der Waals surface area (Å²) in [4.78, 5) is 0. The van der Waals surface area contributed by atoms with Crippen LogP contribution in [0.15, 0.2) is 24.3 Å². The maximum atomic E-state index is 12.8. The summed E-state index contributed by atoms with van der Waals surface area (Å²) in [6, 6.07) is 4.90. The molecule has 0 heterocycles. The van der Waals surface area contributed by atoms with Gasteiger partial charge in [-0.25, -0.2) is 0 Å². The molecule has 2 N–H and O–H groups in total. The highest BCUT2D eigenvalue weighted by molar-refractivity contribution is 5.33. The number of alkyl halides is 3. The van der Waals surface area contributed by atoms with Crippen molar-refractivity contribution in [3.63, 3.8) is 0 Å². The number of methoxy groups -OCH3 is 1. The minimum absolute atomic E-state index is 0.0839. The van der Waals surface area contributed by atoms with Gasteiger partial charge in [-0.1, -0.05) is 13.0 Å². The maximum absolute atomic E-state index is 12.8. The van der Waals surface area contributed by atoms with Crippen LogP contribution in [0.5, 0.6) is 11.5 Å². The summed E-state index contributed by atoms with van der Waals surface area (Å²) in [6.45, 7) is 1.58. The molecule has 0 saturated heterocycles. The molecule has 1 aromatic rings. The second kappa shape index (κ2) is 5.95. The normalized spacial score (nSPS) is 15.0. The topological polar surface area (TPSA) is 44.5 Å². The highest BCUT2D eigenvalue weighted by Gasteiger charge is 2.45. The van der Waals surface area contributed by atoms with Gasteiger partial charge < -0.3 is 15.2 Å². The van der Waals surface area contributed by atoms with Crippen LogP contribution in [0.25, 0.3) is 0 Å². The van der Waals surface area contributed by atoms with E-state index >= 15 is 0 Å². The van der Waals surface area contributed by atoms with Crippen molar-refractivity contribution >= 4 is 0 Å². The zero-order valence-electron chi connectivity index (χ0n) is 10.2. The van der Waals surface area contributed by atoms with Gasteiger partial charge in [0.05, 0.1) is 13.2 Å². The van der Waals surface area contributed by atoms with Gasteiger partial charge in [-0.15, -0.1) is 0 Å². The fourth-order valence-corrected chi connectivity index (χ4v) is 1.43. The number of hydrogen-bond donors (Lipinski definition) is 1. The lowest BCUT2D eigenvalue weighted by Gasteiger charge is -2.26. The van der Waals surface area contributed by atoms with E-state index in [2.05, 4.69) is 0 Å². The average Bonchev–Trinajstić information content (AvgIpc) is 2.34. The van der Waals surface area contributed by atoms with Gasteiger partial charge in [-0.3, -0.25) is 0 Å². The summed E-state index contributed by atoms with van der Waals surface area (Å²) >= 11 is 0. The molecule has 1 aromatic carbocycles. The molecule has 0 aromatic heterocycles. The second-order valence-corrected chi connectivity index (χ2v) is 3.83. The fourth-order valence-electron chi connectivity index (χ4n) is 1.43. The Bertz CT molecular complexity index is 382. The number of nitrogens with two attached hydrogens (primary N) is 1. The van der Waals surface area contributed by atoms with E-state index in [0.717, 1.165) is 0 Å². The van der Waals surface area contributed by atoms with Crippen molar-refractivity contribution in [2.75, 3.05) is 7.11 Å². The van der Waals surface area contributed by atoms with Gasteiger partial charge in [-0.2, -0.15) is 13.2 Å². The fraction of sp³-hybridized carbons (Fsp3) is 0.500. The smallest absolute Gasteiger partial charge is 0.426 e. The zero-order chi connectivity index (χ0) is 13.8. The van der Waals surface area contributed by atoms with Crippen molar-refractivity contribution in [2.24, 2.45) is 5.73 Å². The molecule has 102 valence electrons. The highest BCUT2D eigenvalue weighted by Crippen LogP contribution is 2.29. The van der Waals surface area contributed by atoms with Gasteiger partial charge >= 0.3 is 6.18 Å². The Hall–Kier alpha value is -1.43. The molecule has 0 aliphatic heterocycles. The molecule has 0 radical (unpaired) electrons. The lowest BCUT2D eigenvalue weighted by atomic mass is 10.1. The van der Waals surface area contributed by atoms with Crippen molar-refractivity contribution in [3.05, 3.63) is 24.3 Å². The van der Waals surface area contributed by atoms with E-state index in [0.29, 0.717) is 5.75 Å². The van der Waals surface area contributed by atoms with Gasteiger partial charge in [0.15, 0.2) is 0 Å². The maximum Gasteiger partial charge on any atom is 0.426 e. The predicted octanol–water partition coefficient (Wildman–Crippen LogP) is 2.74. The molecule has 0 bridgehead atoms. The number of benzene rings is 1. The molecular weight excluding hydrogens is 247 g/mol. The SMILES string of the molecule is CCC(N)C(Oc1cccc(OC)c1)C(F)(F)F. The summed E-state index contributed by atoms with van der Waals surface area (Å²) in [5.74, 6) is 0.513. The Morgan fingerprint density at radius 1 is 1.28 bits per heavy atom. The first kappa shape index (κ1) is 14.6. The molecule has 2 atom stereocenters. The first-order valence-electron chi connectivity index (χ1n) is 5.51. The largest absolute Gasteiger partial charge is 0.497 e. The van der Waals surface area contributed by atoms with E-state index in [1.807, 2.05) is 0 Å². The van der Waals surface area contributed by atoms with Crippen LogP contribution in [0.4, 0.5) is 13.2 Å². The van der Waals surface area contributed by atoms with Crippen LogP contribution in [0.3, 0.4) is 0 Å². The molecule has 6 heteroatoms. The molecule has 0 aliphatic carbocycles. The minimum atomic E-state index is -4.50. The molecule has 0 spiro atoms. The molecule has 0 aliphatic rings. The quantitative estimate of drug-likeness (QED) is 0.888. The van der Waals surface area contributed by atoms with E-state index in [-0.39, 0.29) is 12.2 Å². The van der Waals surface area contributed by atoms with Gasteiger partial charge in [0.25, 0.3) is 0 Å². The van der Waals surface area contributed by atoms with Crippen LogP contribution in [-0.2, 0) is 0 Å². The molecule has 3 nitrogen and oxygen atoms in total. The monoisotopic (exact) mass is 263 g/mol. The third-order valence-corrected chi connectivity index (χ3v) is 2.49. The van der Waals surface area contributed by atoms with E-state index in [1.165, 1.54) is 19.2 Å². The zero-order valence-corrected chi connectivity index (χ0v) is 10.2. The number of ether oxygens (including phenoxy) is 2. The predicted molar refractivity (Wildman–Crippen MR) is 61.7 cm³/mol. The Kier molecular flexibility index (Phi) is 4.84. The third kappa shape index (κ3) is 3.80. The minimum Gasteiger partial charge on any atom is -0.497 e. The van der Waals surface area contributed by atoms with Crippen molar-refractivity contribution < 1.29 is 22.6 Å². The van der Waals surface area contributed by atoms with Crippen molar-refractivity contribution in [1.82, 2.24) is 0 Å². The molecule has 1 rings (SSSR count). The van der Waals surface area contributed by atoms with E-state index in [9.17, 15) is 13.2 Å². The molecule has 18 heavy (non-hydrogen) atoms. The Morgan fingerprint density at radius 2 is 1.89 bits per heavy atom. The Balaban J connectivity index is 2.89. The number of rotatable bonds is 5. The summed E-state index contributed by atoms with van der Waals surface area (Å²) in [5, 5.41) is 0.